The number of halogens is 1. The fourth-order valence-corrected chi connectivity index (χ4v) is 3.79. The zero-order chi connectivity index (χ0) is 20.4. The minimum atomic E-state index is -0.862. The number of hydrogen-bond donors (Lipinski definition) is 1. The lowest BCUT2D eigenvalue weighted by molar-refractivity contribution is -0.131. The summed E-state index contributed by atoms with van der Waals surface area (Å²) in [5, 5.41) is 2.83. The smallest absolute Gasteiger partial charge is 0.327 e. The fraction of sp³-hybridized carbons (Fsp3) is 0.273. The number of hydrogen-bond acceptors (Lipinski definition) is 3. The highest BCUT2D eigenvalue weighted by atomic mass is 19.1. The zero-order valence-electron chi connectivity index (χ0n) is 16.1. The molecule has 2 aromatic carbocycles. The molecule has 0 radical (unpaired) electrons. The van der Waals surface area contributed by atoms with E-state index >= 15 is 0 Å². The van der Waals surface area contributed by atoms with E-state index in [9.17, 15) is 14.0 Å². The van der Waals surface area contributed by atoms with Gasteiger partial charge in [-0.25, -0.2) is 9.18 Å². The fourth-order valence-electron chi connectivity index (χ4n) is 3.79. The molecule has 1 atom stereocenters. The Morgan fingerprint density at radius 3 is 2.41 bits per heavy atom. The second-order valence-electron chi connectivity index (χ2n) is 6.98. The van der Waals surface area contributed by atoms with E-state index in [1.54, 1.807) is 42.2 Å². The highest BCUT2D eigenvalue weighted by Gasteiger charge is 2.39. The molecule has 2 aliphatic heterocycles. The van der Waals surface area contributed by atoms with Gasteiger partial charge < -0.3 is 15.0 Å². The molecule has 2 heterocycles. The summed E-state index contributed by atoms with van der Waals surface area (Å²) in [5.41, 5.74) is 1.76. The van der Waals surface area contributed by atoms with Crippen LogP contribution in [0.1, 0.15) is 18.5 Å². The van der Waals surface area contributed by atoms with Crippen molar-refractivity contribution in [1.29, 1.82) is 0 Å². The van der Waals surface area contributed by atoms with Gasteiger partial charge in [-0.1, -0.05) is 36.4 Å². The summed E-state index contributed by atoms with van der Waals surface area (Å²) in [6, 6.07) is 14.0. The molecule has 0 spiro atoms. The molecule has 29 heavy (non-hydrogen) atoms. The molecule has 150 valence electrons. The number of para-hydroxylation sites is 1. The van der Waals surface area contributed by atoms with E-state index in [2.05, 4.69) is 5.32 Å². The summed E-state index contributed by atoms with van der Waals surface area (Å²) in [5.74, 6) is -0.689. The van der Waals surface area contributed by atoms with Gasteiger partial charge >= 0.3 is 6.03 Å². The number of morpholine rings is 1. The van der Waals surface area contributed by atoms with Crippen LogP contribution in [0.25, 0.3) is 0 Å². The number of anilines is 1. The Morgan fingerprint density at radius 1 is 1.07 bits per heavy atom. The average molecular weight is 395 g/mol. The van der Waals surface area contributed by atoms with Crippen molar-refractivity contribution in [2.75, 3.05) is 31.2 Å². The number of urea groups is 1. The van der Waals surface area contributed by atoms with Gasteiger partial charge in [-0.2, -0.15) is 0 Å². The molecular weight excluding hydrogens is 373 g/mol. The van der Waals surface area contributed by atoms with Crippen LogP contribution in [0.5, 0.6) is 0 Å². The van der Waals surface area contributed by atoms with Gasteiger partial charge in [0, 0.05) is 24.4 Å². The molecular formula is C22H22FN3O3. The number of allylic oxidation sites excluding steroid dienone is 1. The first-order valence-electron chi connectivity index (χ1n) is 9.56. The molecule has 1 N–H and O–H groups in total. The highest BCUT2D eigenvalue weighted by molar-refractivity contribution is 6.04. The maximum atomic E-state index is 14.6. The van der Waals surface area contributed by atoms with Gasteiger partial charge in [-0.15, -0.1) is 0 Å². The number of nitrogens with zero attached hydrogens (tertiary/aromatic N) is 2. The van der Waals surface area contributed by atoms with E-state index in [0.29, 0.717) is 43.3 Å². The number of amides is 3. The van der Waals surface area contributed by atoms with Gasteiger partial charge in [-0.3, -0.25) is 9.69 Å². The first-order valence-corrected chi connectivity index (χ1v) is 9.56. The van der Waals surface area contributed by atoms with Crippen LogP contribution in [0.4, 0.5) is 14.9 Å². The molecule has 1 fully saturated rings. The molecule has 0 aromatic heterocycles. The van der Waals surface area contributed by atoms with E-state index < -0.39 is 17.9 Å². The standard InChI is InChI=1S/C22H22FN3O3/c1-15-19(21(27)25-11-13-29-14-12-25)20(17-9-5-6-10-18(17)23)24-22(28)26(15)16-7-3-2-4-8-16/h2-10,20H,11-14H2,1H3,(H,24,28)/t20-/m0/s1. The van der Waals surface area contributed by atoms with Crippen molar-refractivity contribution in [3.05, 3.63) is 77.2 Å². The molecule has 2 aromatic rings. The van der Waals surface area contributed by atoms with Crippen molar-refractivity contribution in [3.8, 4) is 0 Å². The minimum absolute atomic E-state index is 0.222. The Kier molecular flexibility index (Phi) is 5.31. The van der Waals surface area contributed by atoms with Gasteiger partial charge in [0.2, 0.25) is 0 Å². The first kappa shape index (κ1) is 19.1. The lowest BCUT2D eigenvalue weighted by atomic mass is 9.93. The zero-order valence-corrected chi connectivity index (χ0v) is 16.1. The first-order chi connectivity index (χ1) is 14.1. The largest absolute Gasteiger partial charge is 0.378 e. The number of nitrogens with one attached hydrogen (secondary N) is 1. The molecule has 7 heteroatoms. The van der Waals surface area contributed by atoms with Crippen molar-refractivity contribution < 1.29 is 18.7 Å². The predicted octanol–water partition coefficient (Wildman–Crippen LogP) is 3.23. The van der Waals surface area contributed by atoms with Gasteiger partial charge in [-0.05, 0) is 25.1 Å². The Balaban J connectivity index is 1.83. The highest BCUT2D eigenvalue weighted by Crippen LogP contribution is 2.35. The van der Waals surface area contributed by atoms with Crippen LogP contribution in [0, 0.1) is 5.82 Å². The Hall–Kier alpha value is -3.19. The monoisotopic (exact) mass is 395 g/mol. The summed E-state index contributed by atoms with van der Waals surface area (Å²) in [6.45, 7) is 3.55. The predicted molar refractivity (Wildman–Crippen MR) is 107 cm³/mol. The number of carbonyl (C=O) groups is 2. The summed E-state index contributed by atoms with van der Waals surface area (Å²) in [7, 11) is 0. The van der Waals surface area contributed by atoms with E-state index in [-0.39, 0.29) is 11.5 Å². The molecule has 6 nitrogen and oxygen atoms in total. The number of carbonyl (C=O) groups excluding carboxylic acids is 2. The van der Waals surface area contributed by atoms with Gasteiger partial charge in [0.1, 0.15) is 5.82 Å². The van der Waals surface area contributed by atoms with Crippen LogP contribution in [0.3, 0.4) is 0 Å². The van der Waals surface area contributed by atoms with Crippen molar-refractivity contribution in [1.82, 2.24) is 10.2 Å². The maximum Gasteiger partial charge on any atom is 0.327 e. The van der Waals surface area contributed by atoms with Crippen molar-refractivity contribution >= 4 is 17.6 Å². The molecule has 1 saturated heterocycles. The second-order valence-corrected chi connectivity index (χ2v) is 6.98. The van der Waals surface area contributed by atoms with E-state index in [1.807, 2.05) is 18.2 Å². The quantitative estimate of drug-likeness (QED) is 0.868. The Labute approximate surface area is 168 Å². The number of benzene rings is 2. The SMILES string of the molecule is CC1=C(C(=O)N2CCOCC2)[C@H](c2ccccc2F)NC(=O)N1c1ccccc1. The molecule has 0 unspecified atom stereocenters. The maximum absolute atomic E-state index is 14.6. The number of rotatable bonds is 3. The number of ether oxygens (including phenoxy) is 1. The topological polar surface area (TPSA) is 61.9 Å². The van der Waals surface area contributed by atoms with Crippen molar-refractivity contribution in [2.45, 2.75) is 13.0 Å². The van der Waals surface area contributed by atoms with Crippen LogP contribution in [0.15, 0.2) is 65.9 Å². The molecule has 0 aliphatic carbocycles. The minimum Gasteiger partial charge on any atom is -0.378 e. The molecule has 2 aliphatic rings. The summed E-state index contributed by atoms with van der Waals surface area (Å²) < 4.78 is 19.9. The van der Waals surface area contributed by atoms with E-state index in [1.165, 1.54) is 11.0 Å². The van der Waals surface area contributed by atoms with Gasteiger partial charge in [0.05, 0.1) is 30.5 Å². The molecule has 4 rings (SSSR count). The van der Waals surface area contributed by atoms with Gasteiger partial charge in [0.15, 0.2) is 0 Å². The third-order valence-electron chi connectivity index (χ3n) is 5.24. The third kappa shape index (κ3) is 3.61. The van der Waals surface area contributed by atoms with E-state index in [0.717, 1.165) is 0 Å². The molecule has 0 bridgehead atoms. The summed E-state index contributed by atoms with van der Waals surface area (Å²) in [6.07, 6.45) is 0. The summed E-state index contributed by atoms with van der Waals surface area (Å²) in [4.78, 5) is 29.6. The third-order valence-corrected chi connectivity index (χ3v) is 5.24. The second kappa shape index (κ2) is 8.05. The molecule has 3 amide bonds. The van der Waals surface area contributed by atoms with Crippen LogP contribution >= 0.6 is 0 Å². The lowest BCUT2D eigenvalue weighted by Gasteiger charge is -2.38. The lowest BCUT2D eigenvalue weighted by Crippen LogP contribution is -2.51. The van der Waals surface area contributed by atoms with Crippen LogP contribution in [0.2, 0.25) is 0 Å². The normalized spacial score (nSPS) is 19.9. The molecule has 0 saturated carbocycles. The van der Waals surface area contributed by atoms with Gasteiger partial charge in [0.25, 0.3) is 5.91 Å². The van der Waals surface area contributed by atoms with Crippen molar-refractivity contribution in [3.63, 3.8) is 0 Å². The van der Waals surface area contributed by atoms with E-state index in [4.69, 9.17) is 4.74 Å². The average Bonchev–Trinajstić information content (AvgIpc) is 2.75. The Morgan fingerprint density at radius 2 is 1.72 bits per heavy atom. The summed E-state index contributed by atoms with van der Waals surface area (Å²) >= 11 is 0. The van der Waals surface area contributed by atoms with Crippen LogP contribution in [-0.4, -0.2) is 43.1 Å². The van der Waals surface area contributed by atoms with Crippen LogP contribution in [-0.2, 0) is 9.53 Å². The Bertz CT molecular complexity index is 955. The van der Waals surface area contributed by atoms with Crippen LogP contribution < -0.4 is 10.2 Å². The van der Waals surface area contributed by atoms with Crippen molar-refractivity contribution in [2.24, 2.45) is 0 Å².